The van der Waals surface area contributed by atoms with Crippen LogP contribution in [0.1, 0.15) is 29.8 Å². The van der Waals surface area contributed by atoms with Crippen LogP contribution in [-0.4, -0.2) is 53.7 Å². The predicted molar refractivity (Wildman–Crippen MR) is 79.4 cm³/mol. The first kappa shape index (κ1) is 14.8. The summed E-state index contributed by atoms with van der Waals surface area (Å²) in [5.74, 6) is 0.380. The van der Waals surface area contributed by atoms with Gasteiger partial charge in [0.2, 0.25) is 0 Å². The van der Waals surface area contributed by atoms with Crippen molar-refractivity contribution < 1.29 is 9.90 Å². The highest BCUT2D eigenvalue weighted by Crippen LogP contribution is 2.22. The molecule has 0 bridgehead atoms. The molecule has 5 nitrogen and oxygen atoms in total. The summed E-state index contributed by atoms with van der Waals surface area (Å²) in [4.78, 5) is 20.2. The number of aryl methyl sites for hydroxylation is 1. The lowest BCUT2D eigenvalue weighted by Gasteiger charge is -2.36. The molecule has 1 aromatic heterocycles. The molecule has 1 N–H and O–H groups in total. The summed E-state index contributed by atoms with van der Waals surface area (Å²) in [6, 6.07) is 1.75. The van der Waals surface area contributed by atoms with Crippen molar-refractivity contribution in [1.82, 2.24) is 9.88 Å². The third-order valence-electron chi connectivity index (χ3n) is 3.65. The lowest BCUT2D eigenvalue weighted by molar-refractivity contribution is 0.0696. The minimum absolute atomic E-state index is 0.338. The molecule has 0 aromatic carbocycles. The Morgan fingerprint density at radius 1 is 1.35 bits per heavy atom. The van der Waals surface area contributed by atoms with Gasteiger partial charge in [0.05, 0.1) is 0 Å². The van der Waals surface area contributed by atoms with E-state index < -0.39 is 5.97 Å². The Bertz CT molecular complexity index is 480. The molecule has 2 heterocycles. The number of hydrogen-bond donors (Lipinski definition) is 1. The lowest BCUT2D eigenvalue weighted by Crippen LogP contribution is -2.48. The number of carboxylic acid groups (broad SMARTS) is 1. The van der Waals surface area contributed by atoms with Gasteiger partial charge < -0.3 is 10.0 Å². The number of anilines is 1. The fourth-order valence-corrected chi connectivity index (χ4v) is 2.71. The van der Waals surface area contributed by atoms with Crippen LogP contribution in [-0.2, 0) is 0 Å². The number of aromatic nitrogens is 1. The van der Waals surface area contributed by atoms with E-state index in [4.69, 9.17) is 0 Å². The maximum Gasteiger partial charge on any atom is 0.339 e. The van der Waals surface area contributed by atoms with Gasteiger partial charge in [0.15, 0.2) is 0 Å². The molecule has 1 fully saturated rings. The molecule has 0 aliphatic carbocycles. The first-order chi connectivity index (χ1) is 9.49. The van der Waals surface area contributed by atoms with E-state index in [1.54, 1.807) is 12.3 Å². The van der Waals surface area contributed by atoms with Crippen molar-refractivity contribution >= 4 is 11.8 Å². The largest absolute Gasteiger partial charge is 0.478 e. The van der Waals surface area contributed by atoms with E-state index in [9.17, 15) is 9.90 Å². The van der Waals surface area contributed by atoms with Gasteiger partial charge in [0.25, 0.3) is 0 Å². The molecule has 20 heavy (non-hydrogen) atoms. The molecule has 110 valence electrons. The highest BCUT2D eigenvalue weighted by Gasteiger charge is 2.23. The van der Waals surface area contributed by atoms with Crippen molar-refractivity contribution in [1.29, 1.82) is 0 Å². The van der Waals surface area contributed by atoms with E-state index in [0.717, 1.165) is 38.3 Å². The SMILES string of the molecule is Cc1ccnc(N2CCN(CC(C)C)CC2)c1C(=O)O. The van der Waals surface area contributed by atoms with E-state index >= 15 is 0 Å². The summed E-state index contributed by atoms with van der Waals surface area (Å²) in [5, 5.41) is 9.37. The normalized spacial score (nSPS) is 16.7. The van der Waals surface area contributed by atoms with E-state index in [2.05, 4.69) is 28.6 Å². The second kappa shape index (κ2) is 6.22. The number of hydrogen-bond acceptors (Lipinski definition) is 4. The summed E-state index contributed by atoms with van der Waals surface area (Å²) in [5.41, 5.74) is 1.11. The number of piperazine rings is 1. The Labute approximate surface area is 120 Å². The molecule has 5 heteroatoms. The molecule has 1 aliphatic heterocycles. The Morgan fingerprint density at radius 3 is 2.55 bits per heavy atom. The van der Waals surface area contributed by atoms with Gasteiger partial charge in [-0.3, -0.25) is 4.90 Å². The Balaban J connectivity index is 2.11. The van der Waals surface area contributed by atoms with Crippen molar-refractivity contribution in [2.24, 2.45) is 5.92 Å². The van der Waals surface area contributed by atoms with Crippen molar-refractivity contribution in [3.05, 3.63) is 23.4 Å². The van der Waals surface area contributed by atoms with Crippen LogP contribution in [0.25, 0.3) is 0 Å². The fourth-order valence-electron chi connectivity index (χ4n) is 2.71. The molecule has 0 unspecified atom stereocenters. The summed E-state index contributed by atoms with van der Waals surface area (Å²) >= 11 is 0. The molecule has 2 rings (SSSR count). The Morgan fingerprint density at radius 2 is 2.00 bits per heavy atom. The number of carbonyl (C=O) groups is 1. The Kier molecular flexibility index (Phi) is 4.60. The second-order valence-electron chi connectivity index (χ2n) is 5.81. The first-order valence-electron chi connectivity index (χ1n) is 7.15. The van der Waals surface area contributed by atoms with Crippen LogP contribution in [0.3, 0.4) is 0 Å². The van der Waals surface area contributed by atoms with Gasteiger partial charge >= 0.3 is 5.97 Å². The fraction of sp³-hybridized carbons (Fsp3) is 0.600. The van der Waals surface area contributed by atoms with Gasteiger partial charge in [-0.05, 0) is 24.5 Å². The smallest absolute Gasteiger partial charge is 0.339 e. The highest BCUT2D eigenvalue weighted by molar-refractivity contribution is 5.95. The molecule has 1 aromatic rings. The van der Waals surface area contributed by atoms with E-state index in [-0.39, 0.29) is 0 Å². The summed E-state index contributed by atoms with van der Waals surface area (Å²) in [6.07, 6.45) is 1.69. The molecule has 0 saturated carbocycles. The minimum atomic E-state index is -0.893. The third-order valence-corrected chi connectivity index (χ3v) is 3.65. The monoisotopic (exact) mass is 277 g/mol. The van der Waals surface area contributed by atoms with Crippen LogP contribution < -0.4 is 4.90 Å². The number of carboxylic acids is 1. The summed E-state index contributed by atoms with van der Waals surface area (Å²) in [6.45, 7) is 11.0. The molecule has 0 spiro atoms. The molecule has 0 atom stereocenters. The van der Waals surface area contributed by atoms with Crippen LogP contribution in [0.15, 0.2) is 12.3 Å². The molecule has 0 radical (unpaired) electrons. The summed E-state index contributed by atoms with van der Waals surface area (Å²) in [7, 11) is 0. The first-order valence-corrected chi connectivity index (χ1v) is 7.15. The number of rotatable bonds is 4. The maximum absolute atomic E-state index is 11.4. The standard InChI is InChI=1S/C15H23N3O2/c1-11(2)10-17-6-8-18(9-7-17)14-13(15(19)20)12(3)4-5-16-14/h4-5,11H,6-10H2,1-3H3,(H,19,20). The highest BCUT2D eigenvalue weighted by atomic mass is 16.4. The van der Waals surface area contributed by atoms with Crippen molar-refractivity contribution in [2.75, 3.05) is 37.6 Å². The van der Waals surface area contributed by atoms with Gasteiger partial charge in [-0.15, -0.1) is 0 Å². The van der Waals surface area contributed by atoms with Gasteiger partial charge in [0, 0.05) is 38.9 Å². The van der Waals surface area contributed by atoms with Crippen LogP contribution in [0.5, 0.6) is 0 Å². The van der Waals surface area contributed by atoms with Crippen molar-refractivity contribution in [2.45, 2.75) is 20.8 Å². The topological polar surface area (TPSA) is 56.7 Å². The van der Waals surface area contributed by atoms with Gasteiger partial charge in [0.1, 0.15) is 11.4 Å². The van der Waals surface area contributed by atoms with Crippen LogP contribution >= 0.6 is 0 Å². The molecular formula is C15H23N3O2. The molecule has 1 aliphatic rings. The summed E-state index contributed by atoms with van der Waals surface area (Å²) < 4.78 is 0. The zero-order chi connectivity index (χ0) is 14.7. The number of aromatic carboxylic acids is 1. The predicted octanol–water partition coefficient (Wildman–Crippen LogP) is 1.87. The van der Waals surface area contributed by atoms with Crippen LogP contribution in [0.2, 0.25) is 0 Å². The zero-order valence-electron chi connectivity index (χ0n) is 12.5. The van der Waals surface area contributed by atoms with Crippen molar-refractivity contribution in [3.8, 4) is 0 Å². The Hall–Kier alpha value is -1.62. The number of nitrogens with zero attached hydrogens (tertiary/aromatic N) is 3. The number of pyridine rings is 1. The zero-order valence-corrected chi connectivity index (χ0v) is 12.5. The van der Waals surface area contributed by atoms with Crippen LogP contribution in [0.4, 0.5) is 5.82 Å². The van der Waals surface area contributed by atoms with E-state index in [0.29, 0.717) is 17.3 Å². The average molecular weight is 277 g/mol. The van der Waals surface area contributed by atoms with Gasteiger partial charge in [-0.25, -0.2) is 9.78 Å². The molecule has 0 amide bonds. The van der Waals surface area contributed by atoms with E-state index in [1.165, 1.54) is 0 Å². The average Bonchev–Trinajstić information content (AvgIpc) is 2.38. The van der Waals surface area contributed by atoms with Gasteiger partial charge in [-0.1, -0.05) is 13.8 Å². The quantitative estimate of drug-likeness (QED) is 0.910. The maximum atomic E-state index is 11.4. The molecular weight excluding hydrogens is 254 g/mol. The third kappa shape index (κ3) is 3.28. The van der Waals surface area contributed by atoms with Crippen LogP contribution in [0, 0.1) is 12.8 Å². The minimum Gasteiger partial charge on any atom is -0.478 e. The second-order valence-corrected chi connectivity index (χ2v) is 5.81. The van der Waals surface area contributed by atoms with E-state index in [1.807, 2.05) is 6.92 Å². The lowest BCUT2D eigenvalue weighted by atomic mass is 10.1. The van der Waals surface area contributed by atoms with Gasteiger partial charge in [-0.2, -0.15) is 0 Å². The van der Waals surface area contributed by atoms with Crippen molar-refractivity contribution in [3.63, 3.8) is 0 Å². The molecule has 1 saturated heterocycles.